The van der Waals surface area contributed by atoms with Crippen molar-refractivity contribution in [2.24, 2.45) is 0 Å². The number of amides is 2. The van der Waals surface area contributed by atoms with Crippen molar-refractivity contribution in [3.8, 4) is 11.5 Å². The maximum absolute atomic E-state index is 13.6. The van der Waals surface area contributed by atoms with Crippen LogP contribution in [0.1, 0.15) is 31.4 Å². The van der Waals surface area contributed by atoms with Gasteiger partial charge in [0, 0.05) is 23.5 Å². The van der Waals surface area contributed by atoms with Crippen molar-refractivity contribution in [1.29, 1.82) is 0 Å². The van der Waals surface area contributed by atoms with Crippen LogP contribution in [0.25, 0.3) is 0 Å². The second-order valence-electron chi connectivity index (χ2n) is 8.64. The van der Waals surface area contributed by atoms with Crippen LogP contribution in [0.5, 0.6) is 11.5 Å². The molecule has 190 valence electrons. The van der Waals surface area contributed by atoms with Crippen molar-refractivity contribution in [2.75, 3.05) is 13.7 Å². The van der Waals surface area contributed by atoms with E-state index in [1.54, 1.807) is 36.3 Å². The Morgan fingerprint density at radius 3 is 2.25 bits per heavy atom. The molecular weight excluding hydrogens is 520 g/mol. The lowest BCUT2D eigenvalue weighted by Crippen LogP contribution is -2.53. The van der Waals surface area contributed by atoms with Gasteiger partial charge in [-0.1, -0.05) is 65.3 Å². The van der Waals surface area contributed by atoms with E-state index in [0.29, 0.717) is 17.9 Å². The molecule has 0 radical (unpaired) electrons. The molecule has 2 amide bonds. The molecular formula is C29H33BrN2O4. The molecule has 36 heavy (non-hydrogen) atoms. The fourth-order valence-corrected chi connectivity index (χ4v) is 4.17. The van der Waals surface area contributed by atoms with Gasteiger partial charge < -0.3 is 19.7 Å². The van der Waals surface area contributed by atoms with E-state index in [4.69, 9.17) is 9.47 Å². The van der Waals surface area contributed by atoms with E-state index in [-0.39, 0.29) is 31.0 Å². The largest absolute Gasteiger partial charge is 0.497 e. The molecule has 0 aliphatic carbocycles. The average molecular weight is 553 g/mol. The summed E-state index contributed by atoms with van der Waals surface area (Å²) in [4.78, 5) is 28.7. The molecule has 1 N–H and O–H groups in total. The van der Waals surface area contributed by atoms with E-state index >= 15 is 0 Å². The first-order valence-corrected chi connectivity index (χ1v) is 12.8. The van der Waals surface area contributed by atoms with Crippen LogP contribution in [0.2, 0.25) is 0 Å². The minimum Gasteiger partial charge on any atom is -0.497 e. The van der Waals surface area contributed by atoms with E-state index in [2.05, 4.69) is 21.2 Å². The Kier molecular flexibility index (Phi) is 10.4. The van der Waals surface area contributed by atoms with E-state index < -0.39 is 6.04 Å². The number of hydrogen-bond acceptors (Lipinski definition) is 4. The Morgan fingerprint density at radius 2 is 1.61 bits per heavy atom. The van der Waals surface area contributed by atoms with Gasteiger partial charge in [-0.25, -0.2) is 0 Å². The van der Waals surface area contributed by atoms with E-state index in [0.717, 1.165) is 22.0 Å². The minimum absolute atomic E-state index is 0.00542. The summed E-state index contributed by atoms with van der Waals surface area (Å²) in [6.45, 7) is 4.06. The summed E-state index contributed by atoms with van der Waals surface area (Å²) >= 11 is 3.51. The summed E-state index contributed by atoms with van der Waals surface area (Å²) in [5.74, 6) is 0.803. The van der Waals surface area contributed by atoms with Crippen LogP contribution < -0.4 is 14.8 Å². The van der Waals surface area contributed by atoms with Gasteiger partial charge in [-0.3, -0.25) is 9.59 Å². The van der Waals surface area contributed by atoms with Gasteiger partial charge in [0.1, 0.15) is 17.5 Å². The van der Waals surface area contributed by atoms with E-state index in [1.807, 2.05) is 68.4 Å². The van der Waals surface area contributed by atoms with Gasteiger partial charge in [0.25, 0.3) is 5.91 Å². The molecule has 0 heterocycles. The van der Waals surface area contributed by atoms with Gasteiger partial charge in [0.05, 0.1) is 7.11 Å². The highest BCUT2D eigenvalue weighted by Gasteiger charge is 2.31. The number of ether oxygens (including phenoxy) is 2. The van der Waals surface area contributed by atoms with Crippen LogP contribution in [0.4, 0.5) is 0 Å². The zero-order valence-corrected chi connectivity index (χ0v) is 22.5. The van der Waals surface area contributed by atoms with E-state index in [9.17, 15) is 9.59 Å². The molecule has 7 heteroatoms. The Hall–Kier alpha value is -3.32. The fraction of sp³-hybridized carbons (Fsp3) is 0.310. The van der Waals surface area contributed by atoms with Gasteiger partial charge in [0.15, 0.2) is 6.61 Å². The number of nitrogens with one attached hydrogen (secondary N) is 1. The van der Waals surface area contributed by atoms with Crippen LogP contribution >= 0.6 is 15.9 Å². The molecule has 3 aromatic rings. The van der Waals surface area contributed by atoms with Crippen LogP contribution in [0.15, 0.2) is 83.3 Å². The third-order valence-corrected chi connectivity index (χ3v) is 6.43. The first kappa shape index (κ1) is 27.3. The standard InChI is InChI=1S/C29H33BrN2O4/c1-4-21(2)31-29(34)27(18-22-9-6-5-7-10-22)32(19-23-11-8-12-24(30)17-23)28(33)20-36-26-15-13-25(35-3)14-16-26/h5-17,21,27H,4,18-20H2,1-3H3,(H,31,34)/t21-,27-/m0/s1. The summed E-state index contributed by atoms with van der Waals surface area (Å²) in [7, 11) is 1.59. The first-order valence-electron chi connectivity index (χ1n) is 12.0. The molecule has 6 nitrogen and oxygen atoms in total. The summed E-state index contributed by atoms with van der Waals surface area (Å²) in [5, 5.41) is 3.07. The highest BCUT2D eigenvalue weighted by molar-refractivity contribution is 9.10. The van der Waals surface area contributed by atoms with Crippen molar-refractivity contribution >= 4 is 27.7 Å². The molecule has 0 spiro atoms. The van der Waals surface area contributed by atoms with Crippen molar-refractivity contribution in [3.05, 3.63) is 94.5 Å². The molecule has 2 atom stereocenters. The normalized spacial score (nSPS) is 12.3. The number of carbonyl (C=O) groups excluding carboxylic acids is 2. The molecule has 3 aromatic carbocycles. The maximum Gasteiger partial charge on any atom is 0.261 e. The second kappa shape index (κ2) is 13.7. The Morgan fingerprint density at radius 1 is 0.944 bits per heavy atom. The maximum atomic E-state index is 13.6. The fourth-order valence-electron chi connectivity index (χ4n) is 3.73. The lowest BCUT2D eigenvalue weighted by molar-refractivity contribution is -0.143. The average Bonchev–Trinajstić information content (AvgIpc) is 2.90. The highest BCUT2D eigenvalue weighted by Crippen LogP contribution is 2.20. The lowest BCUT2D eigenvalue weighted by Gasteiger charge is -2.32. The number of rotatable bonds is 12. The number of carbonyl (C=O) groups is 2. The van der Waals surface area contributed by atoms with Crippen LogP contribution in [0.3, 0.4) is 0 Å². The van der Waals surface area contributed by atoms with Gasteiger partial charge in [-0.05, 0) is 60.9 Å². The topological polar surface area (TPSA) is 67.9 Å². The molecule has 0 aliphatic heterocycles. The van der Waals surface area contributed by atoms with Gasteiger partial charge >= 0.3 is 0 Å². The number of benzene rings is 3. The number of nitrogens with zero attached hydrogens (tertiary/aromatic N) is 1. The van der Waals surface area contributed by atoms with E-state index in [1.165, 1.54) is 0 Å². The zero-order valence-electron chi connectivity index (χ0n) is 20.9. The third-order valence-electron chi connectivity index (χ3n) is 5.94. The van der Waals surface area contributed by atoms with Crippen LogP contribution in [-0.4, -0.2) is 42.5 Å². The first-order chi connectivity index (χ1) is 17.4. The third kappa shape index (κ3) is 8.12. The molecule has 0 saturated carbocycles. The van der Waals surface area contributed by atoms with Crippen molar-refractivity contribution in [2.45, 2.75) is 45.3 Å². The molecule has 0 aliphatic rings. The Labute approximate surface area is 221 Å². The molecule has 0 fully saturated rings. The SMILES string of the molecule is CC[C@H](C)NC(=O)[C@H](Cc1ccccc1)N(Cc1cccc(Br)c1)C(=O)COc1ccc(OC)cc1. The quantitative estimate of drug-likeness (QED) is 0.327. The van der Waals surface area contributed by atoms with Gasteiger partial charge in [-0.2, -0.15) is 0 Å². The molecule has 0 saturated heterocycles. The minimum atomic E-state index is -0.702. The van der Waals surface area contributed by atoms with Crippen LogP contribution in [0, 0.1) is 0 Å². The smallest absolute Gasteiger partial charge is 0.261 e. The summed E-state index contributed by atoms with van der Waals surface area (Å²) in [5.41, 5.74) is 1.89. The number of halogens is 1. The molecule has 0 unspecified atom stereocenters. The van der Waals surface area contributed by atoms with Crippen molar-refractivity contribution in [1.82, 2.24) is 10.2 Å². The molecule has 0 bridgehead atoms. The van der Waals surface area contributed by atoms with Gasteiger partial charge in [0.2, 0.25) is 5.91 Å². The Balaban J connectivity index is 1.89. The predicted molar refractivity (Wildman–Crippen MR) is 145 cm³/mol. The monoisotopic (exact) mass is 552 g/mol. The summed E-state index contributed by atoms with van der Waals surface area (Å²) in [6.07, 6.45) is 1.19. The summed E-state index contributed by atoms with van der Waals surface area (Å²) < 4.78 is 11.9. The highest BCUT2D eigenvalue weighted by atomic mass is 79.9. The number of methoxy groups -OCH3 is 1. The Bertz CT molecular complexity index is 1120. The van der Waals surface area contributed by atoms with Crippen molar-refractivity contribution in [3.63, 3.8) is 0 Å². The molecule has 3 rings (SSSR count). The second-order valence-corrected chi connectivity index (χ2v) is 9.55. The molecule has 0 aromatic heterocycles. The summed E-state index contributed by atoms with van der Waals surface area (Å²) in [6, 6.07) is 23.8. The number of hydrogen-bond donors (Lipinski definition) is 1. The van der Waals surface area contributed by atoms with Crippen LogP contribution in [-0.2, 0) is 22.6 Å². The van der Waals surface area contributed by atoms with Gasteiger partial charge in [-0.15, -0.1) is 0 Å². The zero-order chi connectivity index (χ0) is 25.9. The predicted octanol–water partition coefficient (Wildman–Crippen LogP) is 5.39. The lowest BCUT2D eigenvalue weighted by atomic mass is 10.0. The van der Waals surface area contributed by atoms with Crippen molar-refractivity contribution < 1.29 is 19.1 Å².